The molecule has 0 bridgehead atoms. The van der Waals surface area contributed by atoms with Crippen molar-refractivity contribution in [3.63, 3.8) is 0 Å². The van der Waals surface area contributed by atoms with Crippen molar-refractivity contribution in [2.24, 2.45) is 0 Å². The summed E-state index contributed by atoms with van der Waals surface area (Å²) in [5.41, 5.74) is 20.6. The van der Waals surface area contributed by atoms with Crippen LogP contribution in [0.1, 0.15) is 49.9 Å². The van der Waals surface area contributed by atoms with E-state index in [0.29, 0.717) is 0 Å². The number of anilines is 3. The fraction of sp³-hybridized carbons (Fsp3) is 0.107. The molecule has 8 aromatic carbocycles. The first kappa shape index (κ1) is 34.4. The molecule has 2 nitrogen and oxygen atoms in total. The third-order valence-corrected chi connectivity index (χ3v) is 12.9. The Balaban J connectivity index is 0.943. The fourth-order valence-electron chi connectivity index (χ4n) is 9.99. The molecule has 2 heteroatoms. The van der Waals surface area contributed by atoms with Gasteiger partial charge in [0.2, 0.25) is 0 Å². The number of fused-ring (bicyclic) bond motifs is 8. The molecule has 2 aliphatic carbocycles. The summed E-state index contributed by atoms with van der Waals surface area (Å²) in [4.78, 5) is 2.40. The summed E-state index contributed by atoms with van der Waals surface area (Å²) in [5.74, 6) is 1.01. The van der Waals surface area contributed by atoms with Gasteiger partial charge in [0, 0.05) is 44.4 Å². The van der Waals surface area contributed by atoms with Gasteiger partial charge in [-0.25, -0.2) is 0 Å². The average Bonchev–Trinajstić information content (AvgIpc) is 3.85. The predicted octanol–water partition coefficient (Wildman–Crippen LogP) is 15.5. The lowest BCUT2D eigenvalue weighted by molar-refractivity contribution is 0.619. The Kier molecular flexibility index (Phi) is 7.59. The highest BCUT2D eigenvalue weighted by molar-refractivity contribution is 5.97. The number of rotatable bonds is 6. The van der Waals surface area contributed by atoms with Crippen LogP contribution in [0.4, 0.5) is 17.1 Å². The van der Waals surface area contributed by atoms with E-state index >= 15 is 0 Å². The number of hydrogen-bond donors (Lipinski definition) is 0. The fourth-order valence-corrected chi connectivity index (χ4v) is 9.99. The largest absolute Gasteiger partial charge is 0.456 e. The van der Waals surface area contributed by atoms with Crippen LogP contribution in [0.3, 0.4) is 0 Å². The highest BCUT2D eigenvalue weighted by Gasteiger charge is 2.42. The van der Waals surface area contributed by atoms with E-state index in [9.17, 15) is 0 Å². The molecule has 0 amide bonds. The molecule has 0 atom stereocenters. The molecule has 0 fully saturated rings. The van der Waals surface area contributed by atoms with E-state index in [-0.39, 0.29) is 10.8 Å². The van der Waals surface area contributed by atoms with Crippen molar-refractivity contribution in [1.82, 2.24) is 0 Å². The molecule has 278 valence electrons. The number of hydrogen-bond acceptors (Lipinski definition) is 2. The average molecular weight is 746 g/mol. The van der Waals surface area contributed by atoms with E-state index in [1.807, 2.05) is 0 Å². The van der Waals surface area contributed by atoms with Crippen LogP contribution in [-0.4, -0.2) is 0 Å². The van der Waals surface area contributed by atoms with Crippen molar-refractivity contribution in [2.75, 3.05) is 4.90 Å². The molecule has 9 aromatic rings. The van der Waals surface area contributed by atoms with Crippen molar-refractivity contribution in [3.05, 3.63) is 210 Å². The third-order valence-electron chi connectivity index (χ3n) is 12.9. The molecule has 0 saturated heterocycles. The number of furan rings is 1. The van der Waals surface area contributed by atoms with Gasteiger partial charge in [-0.3, -0.25) is 0 Å². The molecule has 58 heavy (non-hydrogen) atoms. The lowest BCUT2D eigenvalue weighted by Gasteiger charge is -2.28. The number of nitrogens with zero attached hydrogens (tertiary/aromatic N) is 1. The topological polar surface area (TPSA) is 16.4 Å². The molecule has 2 aliphatic rings. The maximum atomic E-state index is 6.49. The number of benzene rings is 8. The van der Waals surface area contributed by atoms with Crippen molar-refractivity contribution < 1.29 is 4.42 Å². The number of para-hydroxylation sites is 1. The van der Waals surface area contributed by atoms with Crippen molar-refractivity contribution in [1.29, 1.82) is 0 Å². The van der Waals surface area contributed by atoms with Gasteiger partial charge in [0.05, 0.1) is 0 Å². The summed E-state index contributed by atoms with van der Waals surface area (Å²) in [5, 5.41) is 1.21. The van der Waals surface area contributed by atoms with Crippen LogP contribution >= 0.6 is 0 Å². The SMILES string of the molecule is CC1(C)c2ccccc2-c2ccc(N(c3ccc(-c4ccccc4)cc3)c3ccc(-c4ccc(-c5cccc6c5C(C)(C)c5c-6oc6ccccc56)cc4)cc3)cc21. The monoisotopic (exact) mass is 745 g/mol. The Bertz CT molecular complexity index is 3020. The zero-order valence-corrected chi connectivity index (χ0v) is 33.3. The molecule has 1 aromatic heterocycles. The molecular weight excluding hydrogens is 703 g/mol. The minimum atomic E-state index is -0.186. The van der Waals surface area contributed by atoms with E-state index in [2.05, 4.69) is 221 Å². The summed E-state index contributed by atoms with van der Waals surface area (Å²) in [6.07, 6.45) is 0. The first-order valence-corrected chi connectivity index (χ1v) is 20.3. The van der Waals surface area contributed by atoms with Crippen LogP contribution in [0.2, 0.25) is 0 Å². The van der Waals surface area contributed by atoms with Crippen LogP contribution in [0.25, 0.3) is 66.8 Å². The van der Waals surface area contributed by atoms with E-state index in [1.54, 1.807) is 0 Å². The molecule has 1 heterocycles. The first-order valence-electron chi connectivity index (χ1n) is 20.3. The normalized spacial score (nSPS) is 14.1. The lowest BCUT2D eigenvalue weighted by atomic mass is 9.78. The molecule has 11 rings (SSSR count). The van der Waals surface area contributed by atoms with Gasteiger partial charge >= 0.3 is 0 Å². The third kappa shape index (κ3) is 5.18. The Morgan fingerprint density at radius 3 is 1.59 bits per heavy atom. The Labute approximate surface area is 340 Å². The second-order valence-corrected chi connectivity index (χ2v) is 16.9. The maximum absolute atomic E-state index is 6.49. The van der Waals surface area contributed by atoms with Gasteiger partial charge in [0.25, 0.3) is 0 Å². The molecule has 0 unspecified atom stereocenters. The highest BCUT2D eigenvalue weighted by Crippen LogP contribution is 2.56. The van der Waals surface area contributed by atoms with Crippen LogP contribution in [-0.2, 0) is 10.8 Å². The van der Waals surface area contributed by atoms with E-state index < -0.39 is 0 Å². The molecule has 0 radical (unpaired) electrons. The highest BCUT2D eigenvalue weighted by atomic mass is 16.3. The van der Waals surface area contributed by atoms with Crippen LogP contribution < -0.4 is 4.90 Å². The summed E-state index contributed by atoms with van der Waals surface area (Å²) in [6.45, 7) is 9.37. The Morgan fingerprint density at radius 1 is 0.362 bits per heavy atom. The summed E-state index contributed by atoms with van der Waals surface area (Å²) >= 11 is 0. The minimum Gasteiger partial charge on any atom is -0.456 e. The standard InChI is InChI=1S/C56H43NO/c1-55(2)49-19-10-8-15-45(49)46-34-33-43(35-50(46)55)57(41-29-25-38(26-30-41)36-13-6-5-7-14-36)42-31-27-39(28-32-42)37-21-23-40(24-22-37)44-17-12-18-48-52(44)56(3,4)53-47-16-9-11-20-51(47)58-54(48)53/h5-35H,1-4H3. The van der Waals surface area contributed by atoms with Crippen molar-refractivity contribution in [3.8, 4) is 55.8 Å². The second-order valence-electron chi connectivity index (χ2n) is 16.9. The summed E-state index contributed by atoms with van der Waals surface area (Å²) < 4.78 is 6.49. The van der Waals surface area contributed by atoms with Crippen molar-refractivity contribution >= 4 is 28.0 Å². The van der Waals surface area contributed by atoms with E-state index in [0.717, 1.165) is 28.4 Å². The van der Waals surface area contributed by atoms with Gasteiger partial charge in [0.1, 0.15) is 11.3 Å². The van der Waals surface area contributed by atoms with Gasteiger partial charge in [-0.15, -0.1) is 0 Å². The zero-order valence-electron chi connectivity index (χ0n) is 33.3. The van der Waals surface area contributed by atoms with Gasteiger partial charge < -0.3 is 9.32 Å². The van der Waals surface area contributed by atoms with E-state index in [1.165, 1.54) is 77.7 Å². The van der Waals surface area contributed by atoms with Crippen LogP contribution in [0.5, 0.6) is 0 Å². The molecular formula is C56H43NO. The van der Waals surface area contributed by atoms with Crippen LogP contribution in [0.15, 0.2) is 192 Å². The molecule has 0 N–H and O–H groups in total. The quantitative estimate of drug-likeness (QED) is 0.169. The van der Waals surface area contributed by atoms with Gasteiger partial charge in [-0.2, -0.15) is 0 Å². The summed E-state index contributed by atoms with van der Waals surface area (Å²) in [7, 11) is 0. The van der Waals surface area contributed by atoms with Gasteiger partial charge in [-0.1, -0.05) is 173 Å². The molecule has 0 spiro atoms. The van der Waals surface area contributed by atoms with E-state index in [4.69, 9.17) is 4.42 Å². The lowest BCUT2D eigenvalue weighted by Crippen LogP contribution is -2.16. The zero-order chi connectivity index (χ0) is 39.2. The predicted molar refractivity (Wildman–Crippen MR) is 242 cm³/mol. The van der Waals surface area contributed by atoms with Crippen molar-refractivity contribution in [2.45, 2.75) is 38.5 Å². The smallest absolute Gasteiger partial charge is 0.139 e. The minimum absolute atomic E-state index is 0.0911. The Morgan fingerprint density at radius 2 is 0.879 bits per heavy atom. The Hall–Kier alpha value is -6.90. The molecule has 0 aliphatic heterocycles. The second kappa shape index (κ2) is 12.8. The maximum Gasteiger partial charge on any atom is 0.139 e. The van der Waals surface area contributed by atoms with Crippen LogP contribution in [0, 0.1) is 0 Å². The molecule has 0 saturated carbocycles. The summed E-state index contributed by atoms with van der Waals surface area (Å²) in [6, 6.07) is 68.6. The van der Waals surface area contributed by atoms with Gasteiger partial charge in [0.15, 0.2) is 0 Å². The first-order chi connectivity index (χ1) is 28.3. The van der Waals surface area contributed by atoms with Gasteiger partial charge in [-0.05, 0) is 104 Å².